The van der Waals surface area contributed by atoms with Gasteiger partial charge in [-0.3, -0.25) is 0 Å². The van der Waals surface area contributed by atoms with Gasteiger partial charge in [-0.2, -0.15) is 0 Å². The van der Waals surface area contributed by atoms with Gasteiger partial charge >= 0.3 is 0 Å². The standard InChI is InChI=1S/C16H19Cl2N3/c1-10-6-13(21(2)3)5-4-11(10)9-20-12-7-14(17)16(19)15(18)8-12/h4-8,20H,9,19H2,1-3H3. The number of nitrogens with two attached hydrogens (primary N) is 1. The maximum absolute atomic E-state index is 6.03. The molecule has 0 saturated heterocycles. The summed E-state index contributed by atoms with van der Waals surface area (Å²) in [7, 11) is 4.07. The molecule has 0 atom stereocenters. The lowest BCUT2D eigenvalue weighted by Gasteiger charge is -2.16. The molecule has 0 heterocycles. The monoisotopic (exact) mass is 323 g/mol. The van der Waals surface area contributed by atoms with Crippen LogP contribution in [0.4, 0.5) is 17.1 Å². The molecule has 0 saturated carbocycles. The molecular formula is C16H19Cl2N3. The molecule has 0 aliphatic carbocycles. The minimum atomic E-state index is 0.412. The molecule has 5 heteroatoms. The van der Waals surface area contributed by atoms with Crippen molar-refractivity contribution >= 4 is 40.3 Å². The Morgan fingerprint density at radius 2 is 1.71 bits per heavy atom. The topological polar surface area (TPSA) is 41.3 Å². The molecule has 112 valence electrons. The van der Waals surface area contributed by atoms with E-state index in [1.807, 2.05) is 14.1 Å². The molecule has 0 aliphatic heterocycles. The number of anilines is 3. The number of rotatable bonds is 4. The molecule has 0 spiro atoms. The summed E-state index contributed by atoms with van der Waals surface area (Å²) in [6.07, 6.45) is 0. The minimum Gasteiger partial charge on any atom is -0.396 e. The van der Waals surface area contributed by atoms with Gasteiger partial charge < -0.3 is 16.0 Å². The lowest BCUT2D eigenvalue weighted by molar-refractivity contribution is 1.09. The zero-order valence-corrected chi connectivity index (χ0v) is 13.9. The van der Waals surface area contributed by atoms with E-state index < -0.39 is 0 Å². The number of benzene rings is 2. The van der Waals surface area contributed by atoms with Gasteiger partial charge in [-0.05, 0) is 42.3 Å². The number of aryl methyl sites for hydroxylation is 1. The van der Waals surface area contributed by atoms with Crippen LogP contribution in [0, 0.1) is 6.92 Å². The summed E-state index contributed by atoms with van der Waals surface area (Å²) in [5.41, 5.74) is 10.7. The molecule has 0 unspecified atom stereocenters. The highest BCUT2D eigenvalue weighted by atomic mass is 35.5. The number of nitrogens with zero attached hydrogens (tertiary/aromatic N) is 1. The van der Waals surface area contributed by atoms with Crippen molar-refractivity contribution in [1.82, 2.24) is 0 Å². The Bertz CT molecular complexity index is 631. The van der Waals surface area contributed by atoms with Crippen LogP contribution >= 0.6 is 23.2 Å². The first-order valence-electron chi connectivity index (χ1n) is 6.63. The highest BCUT2D eigenvalue weighted by Gasteiger charge is 2.06. The van der Waals surface area contributed by atoms with Crippen LogP contribution in [0.1, 0.15) is 11.1 Å². The second kappa shape index (κ2) is 6.46. The van der Waals surface area contributed by atoms with Gasteiger partial charge in [0.2, 0.25) is 0 Å². The predicted molar refractivity (Wildman–Crippen MR) is 93.7 cm³/mol. The van der Waals surface area contributed by atoms with Gasteiger partial charge in [0.1, 0.15) is 0 Å². The van der Waals surface area contributed by atoms with E-state index in [0.29, 0.717) is 22.3 Å². The van der Waals surface area contributed by atoms with Gasteiger partial charge in [0, 0.05) is 32.0 Å². The van der Waals surface area contributed by atoms with Crippen LogP contribution in [0.15, 0.2) is 30.3 Å². The van der Waals surface area contributed by atoms with Gasteiger partial charge in [0.05, 0.1) is 15.7 Å². The molecule has 0 fully saturated rings. The van der Waals surface area contributed by atoms with Crippen LogP contribution in [0.3, 0.4) is 0 Å². The Morgan fingerprint density at radius 3 is 2.24 bits per heavy atom. The third-order valence-corrected chi connectivity index (χ3v) is 4.03. The fraction of sp³-hybridized carbons (Fsp3) is 0.250. The quantitative estimate of drug-likeness (QED) is 0.810. The second-order valence-corrected chi connectivity index (χ2v) is 6.03. The van der Waals surface area contributed by atoms with E-state index in [1.165, 1.54) is 16.8 Å². The van der Waals surface area contributed by atoms with Crippen LogP contribution in [0.5, 0.6) is 0 Å². The van der Waals surface area contributed by atoms with E-state index in [2.05, 4.69) is 35.3 Å². The Balaban J connectivity index is 2.13. The van der Waals surface area contributed by atoms with Crippen LogP contribution in [0.2, 0.25) is 10.0 Å². The van der Waals surface area contributed by atoms with Gasteiger partial charge in [0.25, 0.3) is 0 Å². The largest absolute Gasteiger partial charge is 0.396 e. The number of nitrogen functional groups attached to an aromatic ring is 1. The Hall–Kier alpha value is -1.58. The SMILES string of the molecule is Cc1cc(N(C)C)ccc1CNc1cc(Cl)c(N)c(Cl)c1. The molecule has 3 nitrogen and oxygen atoms in total. The third kappa shape index (κ3) is 3.74. The molecule has 2 aromatic carbocycles. The number of hydrogen-bond acceptors (Lipinski definition) is 3. The van der Waals surface area contributed by atoms with Gasteiger partial charge in [0.15, 0.2) is 0 Å². The maximum atomic E-state index is 6.03. The summed E-state index contributed by atoms with van der Waals surface area (Å²) in [5, 5.41) is 4.25. The van der Waals surface area contributed by atoms with E-state index in [1.54, 1.807) is 12.1 Å². The van der Waals surface area contributed by atoms with E-state index in [-0.39, 0.29) is 0 Å². The van der Waals surface area contributed by atoms with E-state index in [4.69, 9.17) is 28.9 Å². The van der Waals surface area contributed by atoms with Crippen LogP contribution in [0.25, 0.3) is 0 Å². The normalized spacial score (nSPS) is 10.5. The van der Waals surface area contributed by atoms with Crippen molar-refractivity contribution in [3.63, 3.8) is 0 Å². The summed E-state index contributed by atoms with van der Waals surface area (Å²) in [6, 6.07) is 9.96. The van der Waals surface area contributed by atoms with E-state index in [0.717, 1.165) is 5.69 Å². The first kappa shape index (κ1) is 15.8. The fourth-order valence-corrected chi connectivity index (χ4v) is 2.53. The highest BCUT2D eigenvalue weighted by Crippen LogP contribution is 2.31. The first-order chi connectivity index (χ1) is 9.88. The van der Waals surface area contributed by atoms with Crippen LogP contribution < -0.4 is 16.0 Å². The summed E-state index contributed by atoms with van der Waals surface area (Å²) in [6.45, 7) is 2.81. The smallest absolute Gasteiger partial charge is 0.0694 e. The van der Waals surface area contributed by atoms with Crippen molar-refractivity contribution < 1.29 is 0 Å². The zero-order chi connectivity index (χ0) is 15.6. The van der Waals surface area contributed by atoms with Crippen molar-refractivity contribution in [2.24, 2.45) is 0 Å². The Labute approximate surface area is 135 Å². The van der Waals surface area contributed by atoms with Crippen LogP contribution in [-0.2, 0) is 6.54 Å². The average Bonchev–Trinajstić information content (AvgIpc) is 2.43. The number of halogens is 2. The molecule has 0 aromatic heterocycles. The van der Waals surface area contributed by atoms with Crippen molar-refractivity contribution in [2.75, 3.05) is 30.0 Å². The van der Waals surface area contributed by atoms with Gasteiger partial charge in [-0.25, -0.2) is 0 Å². The molecule has 2 aromatic rings. The van der Waals surface area contributed by atoms with Crippen molar-refractivity contribution in [1.29, 1.82) is 0 Å². The molecule has 21 heavy (non-hydrogen) atoms. The first-order valence-corrected chi connectivity index (χ1v) is 7.39. The van der Waals surface area contributed by atoms with Crippen molar-refractivity contribution in [3.05, 3.63) is 51.5 Å². The predicted octanol–water partition coefficient (Wildman–Crippen LogP) is 4.56. The molecular weight excluding hydrogens is 305 g/mol. The molecule has 2 rings (SSSR count). The second-order valence-electron chi connectivity index (χ2n) is 5.21. The zero-order valence-electron chi connectivity index (χ0n) is 12.4. The summed E-state index contributed by atoms with van der Waals surface area (Å²) < 4.78 is 0. The summed E-state index contributed by atoms with van der Waals surface area (Å²) >= 11 is 12.1. The van der Waals surface area contributed by atoms with E-state index in [9.17, 15) is 0 Å². The molecule has 0 amide bonds. The average molecular weight is 324 g/mol. The lowest BCUT2D eigenvalue weighted by Crippen LogP contribution is -2.09. The van der Waals surface area contributed by atoms with Gasteiger partial charge in [-0.15, -0.1) is 0 Å². The van der Waals surface area contributed by atoms with Gasteiger partial charge in [-0.1, -0.05) is 29.3 Å². The van der Waals surface area contributed by atoms with Crippen molar-refractivity contribution in [2.45, 2.75) is 13.5 Å². The minimum absolute atomic E-state index is 0.412. The summed E-state index contributed by atoms with van der Waals surface area (Å²) in [5.74, 6) is 0. The molecule has 0 radical (unpaired) electrons. The Morgan fingerprint density at radius 1 is 1.10 bits per heavy atom. The number of nitrogens with one attached hydrogen (secondary N) is 1. The lowest BCUT2D eigenvalue weighted by atomic mass is 10.1. The number of hydrogen-bond donors (Lipinski definition) is 2. The van der Waals surface area contributed by atoms with Crippen LogP contribution in [-0.4, -0.2) is 14.1 Å². The fourth-order valence-electron chi connectivity index (χ4n) is 2.04. The molecule has 3 N–H and O–H groups in total. The maximum Gasteiger partial charge on any atom is 0.0694 e. The molecule has 0 aliphatic rings. The third-order valence-electron chi connectivity index (χ3n) is 3.40. The highest BCUT2D eigenvalue weighted by molar-refractivity contribution is 6.39. The summed E-state index contributed by atoms with van der Waals surface area (Å²) in [4.78, 5) is 2.09. The van der Waals surface area contributed by atoms with E-state index >= 15 is 0 Å². The van der Waals surface area contributed by atoms with Crippen molar-refractivity contribution in [3.8, 4) is 0 Å². The Kier molecular flexibility index (Phi) is 4.86. The molecule has 0 bridgehead atoms.